The van der Waals surface area contributed by atoms with Crippen molar-refractivity contribution in [2.75, 3.05) is 43.7 Å². The molecule has 0 aliphatic carbocycles. The molecule has 0 spiro atoms. The number of methoxy groups -OCH3 is 2. The van der Waals surface area contributed by atoms with Gasteiger partial charge in [-0.15, -0.1) is 0 Å². The summed E-state index contributed by atoms with van der Waals surface area (Å²) in [5.41, 5.74) is 6.07. The maximum atomic E-state index is 5.40. The van der Waals surface area contributed by atoms with Crippen LogP contribution in [0.5, 0.6) is 11.6 Å². The van der Waals surface area contributed by atoms with Crippen LogP contribution in [0.4, 0.5) is 11.4 Å². The molecule has 7 heteroatoms. The third kappa shape index (κ3) is 3.83. The van der Waals surface area contributed by atoms with Crippen LogP contribution in [0.3, 0.4) is 0 Å². The quantitative estimate of drug-likeness (QED) is 0.693. The van der Waals surface area contributed by atoms with E-state index in [2.05, 4.69) is 50.5 Å². The molecule has 2 aromatic heterocycles. The molecule has 1 aromatic carbocycles. The number of pyridine rings is 1. The molecule has 30 heavy (non-hydrogen) atoms. The van der Waals surface area contributed by atoms with Crippen LogP contribution in [0.15, 0.2) is 48.7 Å². The van der Waals surface area contributed by atoms with Crippen LogP contribution < -0.4 is 19.3 Å². The molecule has 1 N–H and O–H groups in total. The van der Waals surface area contributed by atoms with Crippen molar-refractivity contribution in [3.63, 3.8) is 0 Å². The molecular weight excluding hydrogens is 378 g/mol. The molecule has 0 amide bonds. The minimum absolute atomic E-state index is 0.596. The number of aromatic nitrogens is 3. The van der Waals surface area contributed by atoms with Gasteiger partial charge in [0.2, 0.25) is 5.88 Å². The number of nitrogens with zero attached hydrogens (tertiary/aromatic N) is 4. The summed E-state index contributed by atoms with van der Waals surface area (Å²) in [7, 11) is 3.32. The number of nitrogens with one attached hydrogen (secondary N) is 1. The second-order valence-corrected chi connectivity index (χ2v) is 7.25. The predicted molar refractivity (Wildman–Crippen MR) is 120 cm³/mol. The molecule has 0 saturated carbocycles. The molecule has 3 heterocycles. The number of hydrogen-bond donors (Lipinski definition) is 1. The Morgan fingerprint density at radius 3 is 2.43 bits per heavy atom. The minimum atomic E-state index is 0.596. The number of H-pyrrole nitrogens is 1. The fourth-order valence-corrected chi connectivity index (χ4v) is 3.79. The van der Waals surface area contributed by atoms with Gasteiger partial charge in [0, 0.05) is 48.8 Å². The zero-order valence-corrected chi connectivity index (χ0v) is 17.8. The van der Waals surface area contributed by atoms with E-state index in [9.17, 15) is 0 Å². The van der Waals surface area contributed by atoms with E-state index in [0.717, 1.165) is 59.4 Å². The zero-order chi connectivity index (χ0) is 21.1. The zero-order valence-electron chi connectivity index (χ0n) is 17.8. The van der Waals surface area contributed by atoms with Crippen LogP contribution in [0.2, 0.25) is 0 Å². The van der Waals surface area contributed by atoms with Crippen LogP contribution in [0, 0.1) is 13.8 Å². The summed E-state index contributed by atoms with van der Waals surface area (Å²) in [5, 5.41) is 7.43. The Morgan fingerprint density at radius 2 is 1.77 bits per heavy atom. The smallest absolute Gasteiger partial charge is 0.213 e. The molecule has 1 aliphatic heterocycles. The van der Waals surface area contributed by atoms with Crippen molar-refractivity contribution < 1.29 is 9.47 Å². The summed E-state index contributed by atoms with van der Waals surface area (Å²) in [6.45, 7) is 6.53. The second kappa shape index (κ2) is 8.49. The highest BCUT2D eigenvalue weighted by Gasteiger charge is 2.21. The normalized spacial score (nSPS) is 14.0. The summed E-state index contributed by atoms with van der Waals surface area (Å²) in [6.07, 6.45) is 4.33. The highest BCUT2D eigenvalue weighted by Crippen LogP contribution is 2.35. The number of hydrogen-bond acceptors (Lipinski definition) is 6. The van der Waals surface area contributed by atoms with Gasteiger partial charge in [0.05, 0.1) is 25.6 Å². The molecule has 0 fully saturated rings. The minimum Gasteiger partial charge on any atom is -0.497 e. The Balaban J connectivity index is 1.63. The van der Waals surface area contributed by atoms with Crippen LogP contribution in [0.1, 0.15) is 11.4 Å². The van der Waals surface area contributed by atoms with Crippen molar-refractivity contribution in [1.82, 2.24) is 15.2 Å². The molecule has 3 aromatic rings. The van der Waals surface area contributed by atoms with Crippen molar-refractivity contribution in [2.24, 2.45) is 0 Å². The number of aromatic amines is 1. The Kier molecular flexibility index (Phi) is 5.61. The van der Waals surface area contributed by atoms with E-state index in [1.807, 2.05) is 32.0 Å². The van der Waals surface area contributed by atoms with E-state index in [1.54, 1.807) is 14.2 Å². The standard InChI is InChI=1S/C23H27N5O2/c1-16-22(17(2)26-25-16)23-20(10-11-21(24-23)30-4)28-13-5-12-27(14-15-28)18-6-8-19(29-3)9-7-18/h5-12H,13-15H2,1-4H3,(H,25,26). The van der Waals surface area contributed by atoms with Crippen LogP contribution in [-0.2, 0) is 0 Å². The van der Waals surface area contributed by atoms with Crippen molar-refractivity contribution in [1.29, 1.82) is 0 Å². The van der Waals surface area contributed by atoms with Gasteiger partial charge in [-0.2, -0.15) is 5.10 Å². The Hall–Kier alpha value is -3.48. The Morgan fingerprint density at radius 1 is 0.967 bits per heavy atom. The van der Waals surface area contributed by atoms with Crippen LogP contribution >= 0.6 is 0 Å². The van der Waals surface area contributed by atoms with Crippen molar-refractivity contribution >= 4 is 11.4 Å². The monoisotopic (exact) mass is 405 g/mol. The first-order valence-corrected chi connectivity index (χ1v) is 10.00. The number of rotatable bonds is 5. The maximum absolute atomic E-state index is 5.40. The lowest BCUT2D eigenvalue weighted by Crippen LogP contribution is -2.30. The molecule has 0 atom stereocenters. The fourth-order valence-electron chi connectivity index (χ4n) is 3.79. The van der Waals surface area contributed by atoms with Gasteiger partial charge >= 0.3 is 0 Å². The first kappa shape index (κ1) is 19.8. The molecule has 1 aliphatic rings. The van der Waals surface area contributed by atoms with Gasteiger partial charge in [0.25, 0.3) is 0 Å². The number of aryl methyl sites for hydroxylation is 2. The van der Waals surface area contributed by atoms with Crippen molar-refractivity contribution in [2.45, 2.75) is 13.8 Å². The van der Waals surface area contributed by atoms with E-state index in [-0.39, 0.29) is 0 Å². The highest BCUT2D eigenvalue weighted by molar-refractivity contribution is 5.79. The van der Waals surface area contributed by atoms with E-state index >= 15 is 0 Å². The number of ether oxygens (including phenoxy) is 2. The third-order valence-electron chi connectivity index (χ3n) is 5.39. The number of benzene rings is 1. The second-order valence-electron chi connectivity index (χ2n) is 7.25. The van der Waals surface area contributed by atoms with Crippen LogP contribution in [0.25, 0.3) is 11.3 Å². The third-order valence-corrected chi connectivity index (χ3v) is 5.39. The molecule has 4 rings (SSSR count). The molecule has 0 radical (unpaired) electrons. The molecule has 0 saturated heterocycles. The van der Waals surface area contributed by atoms with E-state index in [0.29, 0.717) is 5.88 Å². The largest absolute Gasteiger partial charge is 0.497 e. The van der Waals surface area contributed by atoms with E-state index < -0.39 is 0 Å². The lowest BCUT2D eigenvalue weighted by atomic mass is 10.1. The molecule has 156 valence electrons. The molecule has 7 nitrogen and oxygen atoms in total. The van der Waals surface area contributed by atoms with Crippen LogP contribution in [-0.4, -0.2) is 49.0 Å². The maximum Gasteiger partial charge on any atom is 0.213 e. The first-order valence-electron chi connectivity index (χ1n) is 10.00. The lowest BCUT2D eigenvalue weighted by Gasteiger charge is -2.26. The van der Waals surface area contributed by atoms with Gasteiger partial charge in [0.15, 0.2) is 0 Å². The summed E-state index contributed by atoms with van der Waals surface area (Å²) in [4.78, 5) is 9.38. The fraction of sp³-hybridized carbons (Fsp3) is 0.304. The Labute approximate surface area is 176 Å². The average molecular weight is 406 g/mol. The molecule has 0 unspecified atom stereocenters. The van der Waals surface area contributed by atoms with E-state index in [4.69, 9.17) is 14.5 Å². The van der Waals surface area contributed by atoms with Gasteiger partial charge in [-0.05, 0) is 50.3 Å². The van der Waals surface area contributed by atoms with Gasteiger partial charge in [0.1, 0.15) is 11.4 Å². The SMILES string of the molecule is COc1ccc(N2C=CCN(c3ccc(OC)nc3-c3c(C)n[nH]c3C)CC2)cc1. The summed E-state index contributed by atoms with van der Waals surface area (Å²) >= 11 is 0. The van der Waals surface area contributed by atoms with E-state index in [1.165, 1.54) is 0 Å². The van der Waals surface area contributed by atoms with Gasteiger partial charge < -0.3 is 19.3 Å². The topological polar surface area (TPSA) is 66.5 Å². The first-order chi connectivity index (χ1) is 14.6. The predicted octanol–water partition coefficient (Wildman–Crippen LogP) is 3.95. The van der Waals surface area contributed by atoms with Gasteiger partial charge in [-0.25, -0.2) is 4.98 Å². The van der Waals surface area contributed by atoms with Crippen molar-refractivity contribution in [3.05, 3.63) is 60.1 Å². The van der Waals surface area contributed by atoms with Crippen molar-refractivity contribution in [3.8, 4) is 22.9 Å². The summed E-state index contributed by atoms with van der Waals surface area (Å²) < 4.78 is 10.7. The van der Waals surface area contributed by atoms with Gasteiger partial charge in [-0.1, -0.05) is 0 Å². The van der Waals surface area contributed by atoms with Gasteiger partial charge in [-0.3, -0.25) is 5.10 Å². The summed E-state index contributed by atoms with van der Waals surface area (Å²) in [5.74, 6) is 1.46. The number of anilines is 2. The molecule has 0 bridgehead atoms. The Bertz CT molecular complexity index is 1020. The highest BCUT2D eigenvalue weighted by atomic mass is 16.5. The average Bonchev–Trinajstić information content (AvgIpc) is 2.96. The lowest BCUT2D eigenvalue weighted by molar-refractivity contribution is 0.398. The summed E-state index contributed by atoms with van der Waals surface area (Å²) in [6, 6.07) is 12.1. The molecular formula is C23H27N5O2.